The summed E-state index contributed by atoms with van der Waals surface area (Å²) in [5.41, 5.74) is 0. The van der Waals surface area contributed by atoms with Crippen LogP contribution in [0.4, 0.5) is 0 Å². The van der Waals surface area contributed by atoms with Gasteiger partial charge in [-0.3, -0.25) is 0 Å². The number of hydrogen-bond donors (Lipinski definition) is 0. The molecule has 0 heterocycles. The van der Waals surface area contributed by atoms with E-state index in [0.717, 1.165) is 0 Å². The summed E-state index contributed by atoms with van der Waals surface area (Å²) in [5.74, 6) is 0. The first-order valence-corrected chi connectivity index (χ1v) is 1.49. The molecule has 0 saturated carbocycles. The summed E-state index contributed by atoms with van der Waals surface area (Å²) in [6.45, 7) is 4.00. The van der Waals surface area contributed by atoms with Crippen LogP contribution in [0, 0.1) is 12.8 Å². The van der Waals surface area contributed by atoms with Crippen molar-refractivity contribution in [1.29, 1.82) is 0 Å². The van der Waals surface area contributed by atoms with Crippen molar-refractivity contribution in [2.75, 3.05) is 0 Å². The molecule has 0 aromatic rings. The van der Waals surface area contributed by atoms with E-state index < -0.39 is 0 Å². The fourth-order valence-corrected chi connectivity index (χ4v) is 0. The van der Waals surface area contributed by atoms with E-state index in [9.17, 15) is 0 Å². The molecule has 0 fully saturated rings. The molecule has 0 unspecified atom stereocenters. The van der Waals surface area contributed by atoms with E-state index in [1.165, 1.54) is 0 Å². The van der Waals surface area contributed by atoms with E-state index in [4.69, 9.17) is 0 Å². The van der Waals surface area contributed by atoms with E-state index in [1.54, 1.807) is 0 Å². The van der Waals surface area contributed by atoms with Gasteiger partial charge in [-0.2, -0.15) is 0 Å². The van der Waals surface area contributed by atoms with Crippen LogP contribution in [0.15, 0.2) is 0 Å². The van der Waals surface area contributed by atoms with Gasteiger partial charge in [0, 0.05) is 0 Å². The highest BCUT2D eigenvalue weighted by Gasteiger charge is 1.57. The molecule has 4 heavy (non-hydrogen) atoms. The summed E-state index contributed by atoms with van der Waals surface area (Å²) in [7, 11) is 0. The van der Waals surface area contributed by atoms with Gasteiger partial charge >= 0.3 is 0 Å². The summed E-state index contributed by atoms with van der Waals surface area (Å²) < 4.78 is 0. The second kappa shape index (κ2) is 3.00. The van der Waals surface area contributed by atoms with Crippen LogP contribution in [0.3, 0.4) is 0 Å². The van der Waals surface area contributed by atoms with Gasteiger partial charge in [0.05, 0.1) is 0 Å². The highest BCUT2D eigenvalue weighted by atomic mass is 13.6. The van der Waals surface area contributed by atoms with Crippen molar-refractivity contribution in [2.24, 2.45) is 0 Å². The van der Waals surface area contributed by atoms with Crippen molar-refractivity contribution < 1.29 is 0 Å². The predicted octanol–water partition coefficient (Wildman–Crippen LogP) is 1.43. The predicted molar refractivity (Wildman–Crippen MR) is 19.9 cm³/mol. The Morgan fingerprint density at radius 2 is 1.25 bits per heavy atom. The van der Waals surface area contributed by atoms with Crippen molar-refractivity contribution in [1.82, 2.24) is 0 Å². The molecule has 2 radical (unpaired) electrons. The topological polar surface area (TPSA) is 0 Å². The summed E-state index contributed by atoms with van der Waals surface area (Å²) in [4.78, 5) is 0. The first-order chi connectivity index (χ1) is 1.91. The van der Waals surface area contributed by atoms with Crippen molar-refractivity contribution in [3.8, 4) is 0 Å². The monoisotopic (exact) mass is 56.1 g/mol. The van der Waals surface area contributed by atoms with Crippen molar-refractivity contribution >= 4 is 0 Å². The number of rotatable bonds is 1. The molecule has 0 rings (SSSR count). The molecule has 0 nitrogen and oxygen atoms in total. The lowest BCUT2D eigenvalue weighted by Crippen LogP contribution is -1.52. The van der Waals surface area contributed by atoms with Crippen LogP contribution in [0.5, 0.6) is 0 Å². The van der Waals surface area contributed by atoms with E-state index in [2.05, 4.69) is 0 Å². The first-order valence-electron chi connectivity index (χ1n) is 1.49. The van der Waals surface area contributed by atoms with Crippen LogP contribution >= 0.6 is 0 Å². The quantitative estimate of drug-likeness (QED) is 0.426. The zero-order valence-electron chi connectivity index (χ0n) is 3.15. The Kier molecular flexibility index (Phi) is 3.00. The third-order valence-electron chi connectivity index (χ3n) is 0.333. The smallest absolute Gasteiger partial charge is 0.0386 e. The van der Waals surface area contributed by atoms with Gasteiger partial charge < -0.3 is 0 Å². The molecule has 0 aliphatic rings. The molecule has 0 aliphatic heterocycles. The van der Waals surface area contributed by atoms with E-state index >= 15 is 0 Å². The zero-order valence-corrected chi connectivity index (χ0v) is 3.15. The average Bonchev–Trinajstić information content (AvgIpc) is 1.37. The maximum Gasteiger partial charge on any atom is -0.0386 e. The average molecular weight is 56.1 g/mol. The van der Waals surface area contributed by atoms with E-state index in [-0.39, 0.29) is 0 Å². The van der Waals surface area contributed by atoms with Gasteiger partial charge in [-0.1, -0.05) is 13.8 Å². The third-order valence-corrected chi connectivity index (χ3v) is 0.333. The van der Waals surface area contributed by atoms with Crippen LogP contribution in [-0.2, 0) is 0 Å². The van der Waals surface area contributed by atoms with Gasteiger partial charge in [0.15, 0.2) is 0 Å². The molecule has 0 aliphatic carbocycles. The van der Waals surface area contributed by atoms with Crippen LogP contribution in [0.25, 0.3) is 0 Å². The molecular formula is C4H8. The van der Waals surface area contributed by atoms with Crippen LogP contribution in [0.1, 0.15) is 13.8 Å². The fourth-order valence-electron chi connectivity index (χ4n) is 0. The fraction of sp³-hybridized carbons (Fsp3) is 0.500. The van der Waals surface area contributed by atoms with E-state index in [0.29, 0.717) is 0 Å². The molecular weight excluding hydrogens is 48.0 g/mol. The van der Waals surface area contributed by atoms with Gasteiger partial charge in [0.1, 0.15) is 0 Å². The van der Waals surface area contributed by atoms with Crippen molar-refractivity contribution in [3.63, 3.8) is 0 Å². The van der Waals surface area contributed by atoms with Crippen LogP contribution in [-0.4, -0.2) is 0 Å². The summed E-state index contributed by atoms with van der Waals surface area (Å²) in [6.07, 6.45) is 4.00. The number of unbranched alkanes of at least 4 members (excludes halogenated alkanes) is 1. The molecule has 0 heteroatoms. The Morgan fingerprint density at radius 1 is 1.00 bits per heavy atom. The van der Waals surface area contributed by atoms with Crippen LogP contribution < -0.4 is 0 Å². The summed E-state index contributed by atoms with van der Waals surface area (Å²) in [6, 6.07) is 0. The van der Waals surface area contributed by atoms with Crippen molar-refractivity contribution in [3.05, 3.63) is 12.8 Å². The third kappa shape index (κ3) is 2.00. The second-order valence-electron chi connectivity index (χ2n) is 0.667. The second-order valence-corrected chi connectivity index (χ2v) is 0.667. The minimum atomic E-state index is 2.00. The van der Waals surface area contributed by atoms with Gasteiger partial charge in [-0.05, 0) is 12.8 Å². The van der Waals surface area contributed by atoms with E-state index in [1.807, 2.05) is 26.7 Å². The highest BCUT2D eigenvalue weighted by molar-refractivity contribution is 4.70. The Hall–Kier alpha value is 0. The number of hydrogen-bond acceptors (Lipinski definition) is 0. The summed E-state index contributed by atoms with van der Waals surface area (Å²) in [5, 5.41) is 0. The Morgan fingerprint density at radius 3 is 1.25 bits per heavy atom. The lowest BCUT2D eigenvalue weighted by Gasteiger charge is -1.66. The molecule has 24 valence electrons. The highest BCUT2D eigenvalue weighted by Crippen LogP contribution is 1.72. The first kappa shape index (κ1) is 4.00. The standard InChI is InChI=1S/C4H8/c1-3-4-2/h3-4H,1-2H3. The zero-order chi connectivity index (χ0) is 3.41. The minimum Gasteiger partial charge on any atom is -0.0620 e. The molecule has 0 spiro atoms. The largest absolute Gasteiger partial charge is 0.0620 e. The Labute approximate surface area is 27.8 Å². The summed E-state index contributed by atoms with van der Waals surface area (Å²) >= 11 is 0. The van der Waals surface area contributed by atoms with Crippen LogP contribution in [0.2, 0.25) is 0 Å². The molecule has 0 saturated heterocycles. The van der Waals surface area contributed by atoms with Crippen molar-refractivity contribution in [2.45, 2.75) is 13.8 Å². The normalized spacial score (nSPS) is 7.50. The maximum absolute atomic E-state index is 2.00. The van der Waals surface area contributed by atoms with Gasteiger partial charge in [-0.25, -0.2) is 0 Å². The maximum atomic E-state index is 2.00. The minimum absolute atomic E-state index is 2.00. The molecule has 0 atom stereocenters. The SMILES string of the molecule is C[CH][CH]C. The molecule has 0 N–H and O–H groups in total. The lowest BCUT2D eigenvalue weighted by molar-refractivity contribution is 1.37. The van der Waals surface area contributed by atoms with Gasteiger partial charge in [-0.15, -0.1) is 0 Å². The molecule has 0 aromatic heterocycles. The Bertz CT molecular complexity index is 2.00. The molecule has 0 amide bonds. The van der Waals surface area contributed by atoms with Gasteiger partial charge in [0.2, 0.25) is 0 Å². The molecule has 0 aromatic carbocycles. The van der Waals surface area contributed by atoms with Gasteiger partial charge in [0.25, 0.3) is 0 Å². The lowest BCUT2D eigenvalue weighted by atomic mass is 10.4. The Balaban J connectivity index is 1.97. The molecule has 0 bridgehead atoms.